The fourth-order valence-corrected chi connectivity index (χ4v) is 1.97. The van der Waals surface area contributed by atoms with Crippen molar-refractivity contribution in [3.8, 4) is 0 Å². The standard InChI is InChI=1S/C19H36N2O11/c1-26-14-17(22)20-2-4-27-6-8-29-10-12-31-13-11-30-9-7-28-5-3-21-18(23)15-32-16-19(24)25/h2-16H2,1H3,(H,20,22)(H,21,23)(H,24,25). The van der Waals surface area contributed by atoms with Gasteiger partial charge in [-0.05, 0) is 0 Å². The number of nitrogens with one attached hydrogen (secondary N) is 2. The Morgan fingerprint density at radius 3 is 1.31 bits per heavy atom. The van der Waals surface area contributed by atoms with Gasteiger partial charge in [0, 0.05) is 20.2 Å². The molecule has 0 atom stereocenters. The molecule has 13 nitrogen and oxygen atoms in total. The van der Waals surface area contributed by atoms with E-state index < -0.39 is 18.5 Å². The number of rotatable bonds is 24. The van der Waals surface area contributed by atoms with Crippen LogP contribution in [0.25, 0.3) is 0 Å². The van der Waals surface area contributed by atoms with Crippen molar-refractivity contribution in [2.45, 2.75) is 0 Å². The van der Waals surface area contributed by atoms with Crippen molar-refractivity contribution in [3.63, 3.8) is 0 Å². The minimum atomic E-state index is -1.12. The summed E-state index contributed by atoms with van der Waals surface area (Å²) in [6.07, 6.45) is 0. The Balaban J connectivity index is 3.14. The van der Waals surface area contributed by atoms with Crippen LogP contribution in [0.2, 0.25) is 0 Å². The van der Waals surface area contributed by atoms with Gasteiger partial charge < -0.3 is 48.9 Å². The number of carboxylic acids is 1. The molecule has 32 heavy (non-hydrogen) atoms. The van der Waals surface area contributed by atoms with E-state index in [1.165, 1.54) is 7.11 Å². The summed E-state index contributed by atoms with van der Waals surface area (Å²) in [4.78, 5) is 32.6. The first-order chi connectivity index (χ1) is 15.6. The van der Waals surface area contributed by atoms with Crippen molar-refractivity contribution in [2.24, 2.45) is 0 Å². The third-order valence-corrected chi connectivity index (χ3v) is 3.36. The molecule has 0 heterocycles. The van der Waals surface area contributed by atoms with Gasteiger partial charge in [0.05, 0.1) is 66.1 Å². The minimum absolute atomic E-state index is 0.0409. The van der Waals surface area contributed by atoms with E-state index in [1.54, 1.807) is 0 Å². The fourth-order valence-electron chi connectivity index (χ4n) is 1.97. The molecule has 0 bridgehead atoms. The zero-order valence-corrected chi connectivity index (χ0v) is 18.6. The highest BCUT2D eigenvalue weighted by Crippen LogP contribution is 1.84. The predicted octanol–water partition coefficient (Wildman–Crippen LogP) is -1.95. The Kier molecular flexibility index (Phi) is 22.4. The van der Waals surface area contributed by atoms with Gasteiger partial charge in [0.15, 0.2) is 0 Å². The van der Waals surface area contributed by atoms with Crippen molar-refractivity contribution in [3.05, 3.63) is 0 Å². The molecule has 2 amide bonds. The highest BCUT2D eigenvalue weighted by atomic mass is 16.6. The van der Waals surface area contributed by atoms with Crippen LogP contribution >= 0.6 is 0 Å². The van der Waals surface area contributed by atoms with Crippen molar-refractivity contribution in [2.75, 3.05) is 106 Å². The van der Waals surface area contributed by atoms with E-state index in [9.17, 15) is 14.4 Å². The third-order valence-electron chi connectivity index (χ3n) is 3.36. The lowest BCUT2D eigenvalue weighted by Crippen LogP contribution is -2.31. The van der Waals surface area contributed by atoms with Gasteiger partial charge in [-0.1, -0.05) is 0 Å². The lowest BCUT2D eigenvalue weighted by atomic mass is 10.6. The summed E-state index contributed by atoms with van der Waals surface area (Å²) in [5, 5.41) is 13.6. The number of aliphatic carboxylic acids is 1. The third kappa shape index (κ3) is 24.4. The molecule has 0 aliphatic rings. The lowest BCUT2D eigenvalue weighted by molar-refractivity contribution is -0.143. The van der Waals surface area contributed by atoms with E-state index in [0.29, 0.717) is 79.2 Å². The summed E-state index contributed by atoms with van der Waals surface area (Å²) >= 11 is 0. The molecule has 0 aliphatic carbocycles. The second-order valence-electron chi connectivity index (χ2n) is 6.08. The Hall–Kier alpha value is -1.87. The van der Waals surface area contributed by atoms with E-state index in [4.69, 9.17) is 28.8 Å². The van der Waals surface area contributed by atoms with Gasteiger partial charge in [0.2, 0.25) is 11.8 Å². The molecular weight excluding hydrogens is 432 g/mol. The molecule has 0 aliphatic heterocycles. The van der Waals surface area contributed by atoms with Crippen LogP contribution in [0.3, 0.4) is 0 Å². The lowest BCUT2D eigenvalue weighted by Gasteiger charge is -2.08. The van der Waals surface area contributed by atoms with Crippen LogP contribution in [-0.4, -0.2) is 129 Å². The van der Waals surface area contributed by atoms with Crippen molar-refractivity contribution >= 4 is 17.8 Å². The van der Waals surface area contributed by atoms with Crippen LogP contribution < -0.4 is 10.6 Å². The molecule has 0 unspecified atom stereocenters. The summed E-state index contributed by atoms with van der Waals surface area (Å²) in [6, 6.07) is 0. The SMILES string of the molecule is COCC(=O)NCCOCCOCCOCCOCCOCCNC(=O)COCC(=O)O. The minimum Gasteiger partial charge on any atom is -0.480 e. The fraction of sp³-hybridized carbons (Fsp3) is 0.842. The molecule has 0 fully saturated rings. The largest absolute Gasteiger partial charge is 0.480 e. The summed E-state index contributed by atoms with van der Waals surface area (Å²) in [5.41, 5.74) is 0. The van der Waals surface area contributed by atoms with E-state index in [2.05, 4.69) is 20.1 Å². The molecule has 0 aromatic carbocycles. The molecule has 0 rings (SSSR count). The van der Waals surface area contributed by atoms with E-state index in [-0.39, 0.29) is 19.1 Å². The monoisotopic (exact) mass is 468 g/mol. The van der Waals surface area contributed by atoms with Crippen LogP contribution in [0.1, 0.15) is 0 Å². The first-order valence-corrected chi connectivity index (χ1v) is 10.3. The topological polar surface area (TPSA) is 160 Å². The van der Waals surface area contributed by atoms with Crippen LogP contribution in [0.5, 0.6) is 0 Å². The number of methoxy groups -OCH3 is 1. The van der Waals surface area contributed by atoms with Crippen molar-refractivity contribution < 1.29 is 52.6 Å². The maximum atomic E-state index is 11.3. The Morgan fingerprint density at radius 2 is 0.938 bits per heavy atom. The number of hydrogen-bond acceptors (Lipinski definition) is 10. The van der Waals surface area contributed by atoms with Crippen molar-refractivity contribution in [1.82, 2.24) is 10.6 Å². The zero-order chi connectivity index (χ0) is 23.7. The normalized spacial score (nSPS) is 10.8. The smallest absolute Gasteiger partial charge is 0.329 e. The molecule has 188 valence electrons. The molecule has 0 aromatic heterocycles. The van der Waals surface area contributed by atoms with Gasteiger partial charge in [-0.3, -0.25) is 9.59 Å². The van der Waals surface area contributed by atoms with E-state index in [0.717, 1.165) is 0 Å². The van der Waals surface area contributed by atoms with Crippen LogP contribution in [0, 0.1) is 0 Å². The molecule has 0 aromatic rings. The number of carbonyl (C=O) groups excluding carboxylic acids is 2. The number of carbonyl (C=O) groups is 3. The number of carboxylic acid groups (broad SMARTS) is 1. The van der Waals surface area contributed by atoms with Crippen LogP contribution in [0.15, 0.2) is 0 Å². The second-order valence-corrected chi connectivity index (χ2v) is 6.08. The van der Waals surface area contributed by atoms with Gasteiger partial charge in [-0.15, -0.1) is 0 Å². The van der Waals surface area contributed by atoms with E-state index >= 15 is 0 Å². The number of amides is 2. The molecule has 13 heteroatoms. The van der Waals surface area contributed by atoms with Gasteiger partial charge in [0.25, 0.3) is 0 Å². The van der Waals surface area contributed by atoms with Gasteiger partial charge in [-0.2, -0.15) is 0 Å². The van der Waals surface area contributed by atoms with Crippen molar-refractivity contribution in [1.29, 1.82) is 0 Å². The van der Waals surface area contributed by atoms with Crippen LogP contribution in [-0.2, 0) is 47.5 Å². The summed E-state index contributed by atoms with van der Waals surface area (Å²) in [5.74, 6) is -1.70. The Morgan fingerprint density at radius 1 is 0.562 bits per heavy atom. The molecule has 3 N–H and O–H groups in total. The average molecular weight is 469 g/mol. The molecule has 0 spiro atoms. The highest BCUT2D eigenvalue weighted by Gasteiger charge is 2.03. The summed E-state index contributed by atoms with van der Waals surface area (Å²) in [7, 11) is 1.46. The van der Waals surface area contributed by atoms with Gasteiger partial charge in [0.1, 0.15) is 19.8 Å². The molecule has 0 radical (unpaired) electrons. The maximum absolute atomic E-state index is 11.3. The van der Waals surface area contributed by atoms with Gasteiger partial charge in [-0.25, -0.2) is 4.79 Å². The number of hydrogen-bond donors (Lipinski definition) is 3. The second kappa shape index (κ2) is 23.8. The number of ether oxygens (including phenoxy) is 7. The van der Waals surface area contributed by atoms with Crippen LogP contribution in [0.4, 0.5) is 0 Å². The van der Waals surface area contributed by atoms with Gasteiger partial charge >= 0.3 is 5.97 Å². The van der Waals surface area contributed by atoms with E-state index in [1.807, 2.05) is 0 Å². The molecule has 0 saturated carbocycles. The zero-order valence-electron chi connectivity index (χ0n) is 18.6. The molecule has 0 saturated heterocycles. The Labute approximate surface area is 187 Å². The first kappa shape index (κ1) is 30.1. The summed E-state index contributed by atoms with van der Waals surface area (Å²) < 4.78 is 36.0. The average Bonchev–Trinajstić information content (AvgIpc) is 2.75. The highest BCUT2D eigenvalue weighted by molar-refractivity contribution is 5.77. The Bertz CT molecular complexity index is 480. The maximum Gasteiger partial charge on any atom is 0.329 e. The quantitative estimate of drug-likeness (QED) is 0.135. The molecular formula is C19H36N2O11. The summed E-state index contributed by atoms with van der Waals surface area (Å²) in [6.45, 7) is 4.11. The first-order valence-electron chi connectivity index (χ1n) is 10.3. The predicted molar refractivity (Wildman–Crippen MR) is 110 cm³/mol.